The quantitative estimate of drug-likeness (QED) is 0.734. The summed E-state index contributed by atoms with van der Waals surface area (Å²) in [6.07, 6.45) is 6.61. The van der Waals surface area contributed by atoms with E-state index in [-0.39, 0.29) is 0 Å². The van der Waals surface area contributed by atoms with Crippen molar-refractivity contribution in [3.8, 4) is 0 Å². The van der Waals surface area contributed by atoms with Crippen LogP contribution in [-0.4, -0.2) is 35.7 Å². The first-order valence-electron chi connectivity index (χ1n) is 6.12. The summed E-state index contributed by atoms with van der Waals surface area (Å²) in [6, 6.07) is 0.748. The third-order valence-corrected chi connectivity index (χ3v) is 3.40. The summed E-state index contributed by atoms with van der Waals surface area (Å²) >= 11 is 0. The van der Waals surface area contributed by atoms with E-state index >= 15 is 0 Å². The molecule has 0 saturated heterocycles. The Bertz CT molecular complexity index is 135. The van der Waals surface area contributed by atoms with Crippen LogP contribution in [-0.2, 0) is 0 Å². The minimum atomic E-state index is 0.312. The molecule has 0 bridgehead atoms. The fraction of sp³-hybridized carbons (Fsp3) is 1.00. The van der Waals surface area contributed by atoms with E-state index in [1.807, 2.05) is 0 Å². The van der Waals surface area contributed by atoms with Gasteiger partial charge < -0.3 is 5.11 Å². The zero-order chi connectivity index (χ0) is 10.4. The molecule has 1 rings (SSSR count). The van der Waals surface area contributed by atoms with E-state index in [2.05, 4.69) is 18.7 Å². The van der Waals surface area contributed by atoms with Gasteiger partial charge in [-0.15, -0.1) is 0 Å². The second-order valence-corrected chi connectivity index (χ2v) is 4.67. The molecule has 2 nitrogen and oxygen atoms in total. The van der Waals surface area contributed by atoms with Crippen LogP contribution < -0.4 is 0 Å². The van der Waals surface area contributed by atoms with Gasteiger partial charge in [0.05, 0.1) is 6.61 Å². The van der Waals surface area contributed by atoms with Gasteiger partial charge in [-0.3, -0.25) is 4.90 Å². The lowest BCUT2D eigenvalue weighted by Crippen LogP contribution is -2.40. The maximum absolute atomic E-state index is 9.00. The van der Waals surface area contributed by atoms with E-state index in [0.717, 1.165) is 25.0 Å². The minimum Gasteiger partial charge on any atom is -0.395 e. The van der Waals surface area contributed by atoms with Crippen molar-refractivity contribution < 1.29 is 5.11 Å². The summed E-state index contributed by atoms with van der Waals surface area (Å²) in [5, 5.41) is 9.00. The van der Waals surface area contributed by atoms with Gasteiger partial charge in [-0.1, -0.05) is 13.8 Å². The van der Waals surface area contributed by atoms with Crippen molar-refractivity contribution in [2.75, 3.05) is 19.7 Å². The van der Waals surface area contributed by atoms with Gasteiger partial charge in [-0.2, -0.15) is 0 Å². The molecule has 84 valence electrons. The first-order valence-corrected chi connectivity index (χ1v) is 6.12. The molecule has 0 aromatic rings. The van der Waals surface area contributed by atoms with Crippen LogP contribution >= 0.6 is 0 Å². The van der Waals surface area contributed by atoms with Crippen molar-refractivity contribution in [1.29, 1.82) is 0 Å². The van der Waals surface area contributed by atoms with Gasteiger partial charge in [-0.25, -0.2) is 0 Å². The lowest BCUT2D eigenvalue weighted by molar-refractivity contribution is 0.113. The number of nitrogens with zero attached hydrogens (tertiary/aromatic N) is 1. The zero-order valence-electron chi connectivity index (χ0n) is 9.71. The van der Waals surface area contributed by atoms with Crippen LogP contribution in [0.3, 0.4) is 0 Å². The highest BCUT2D eigenvalue weighted by Gasteiger charge is 2.22. The van der Waals surface area contributed by atoms with Crippen molar-refractivity contribution in [3.63, 3.8) is 0 Å². The van der Waals surface area contributed by atoms with Crippen molar-refractivity contribution in [2.45, 2.75) is 52.0 Å². The first-order chi connectivity index (χ1) is 6.77. The molecule has 0 atom stereocenters. The van der Waals surface area contributed by atoms with Crippen LogP contribution in [0.25, 0.3) is 0 Å². The average Bonchev–Trinajstić information content (AvgIpc) is 2.19. The number of hydrogen-bond donors (Lipinski definition) is 1. The largest absolute Gasteiger partial charge is 0.395 e. The predicted molar refractivity (Wildman–Crippen MR) is 60.4 cm³/mol. The van der Waals surface area contributed by atoms with E-state index in [9.17, 15) is 0 Å². The van der Waals surface area contributed by atoms with Gasteiger partial charge in [-0.05, 0) is 44.6 Å². The van der Waals surface area contributed by atoms with Crippen molar-refractivity contribution in [3.05, 3.63) is 0 Å². The molecule has 0 amide bonds. The van der Waals surface area contributed by atoms with Crippen LogP contribution in [0.15, 0.2) is 0 Å². The van der Waals surface area contributed by atoms with Gasteiger partial charge in [0.1, 0.15) is 0 Å². The average molecular weight is 199 g/mol. The number of aliphatic hydroxyl groups is 1. The second-order valence-electron chi connectivity index (χ2n) is 4.67. The molecular formula is C12H25NO. The fourth-order valence-corrected chi connectivity index (χ4v) is 2.50. The highest BCUT2D eigenvalue weighted by atomic mass is 16.3. The molecule has 1 aliphatic rings. The van der Waals surface area contributed by atoms with E-state index in [0.29, 0.717) is 6.61 Å². The van der Waals surface area contributed by atoms with E-state index in [4.69, 9.17) is 5.11 Å². The SMILES string of the molecule is CCCN(CCO)C1CCC(C)CC1. The van der Waals surface area contributed by atoms with Crippen LogP contribution in [0.4, 0.5) is 0 Å². The Morgan fingerprint density at radius 1 is 1.14 bits per heavy atom. The van der Waals surface area contributed by atoms with E-state index in [1.54, 1.807) is 0 Å². The number of rotatable bonds is 5. The molecule has 0 aromatic carbocycles. The molecule has 0 heterocycles. The van der Waals surface area contributed by atoms with Crippen LogP contribution in [0, 0.1) is 5.92 Å². The van der Waals surface area contributed by atoms with Gasteiger partial charge in [0.15, 0.2) is 0 Å². The van der Waals surface area contributed by atoms with Crippen LogP contribution in [0.5, 0.6) is 0 Å². The van der Waals surface area contributed by atoms with Gasteiger partial charge in [0.25, 0.3) is 0 Å². The van der Waals surface area contributed by atoms with E-state index < -0.39 is 0 Å². The normalized spacial score (nSPS) is 28.3. The summed E-state index contributed by atoms with van der Waals surface area (Å²) in [7, 11) is 0. The van der Waals surface area contributed by atoms with E-state index in [1.165, 1.54) is 32.1 Å². The smallest absolute Gasteiger partial charge is 0.0558 e. The molecule has 0 radical (unpaired) electrons. The third-order valence-electron chi connectivity index (χ3n) is 3.40. The third kappa shape index (κ3) is 3.58. The predicted octanol–water partition coefficient (Wildman–Crippen LogP) is 2.27. The number of hydrogen-bond acceptors (Lipinski definition) is 2. The van der Waals surface area contributed by atoms with Gasteiger partial charge >= 0.3 is 0 Å². The summed E-state index contributed by atoms with van der Waals surface area (Å²) in [4.78, 5) is 2.48. The van der Waals surface area contributed by atoms with Crippen molar-refractivity contribution in [1.82, 2.24) is 4.90 Å². The zero-order valence-corrected chi connectivity index (χ0v) is 9.71. The molecule has 2 heteroatoms. The molecule has 1 fully saturated rings. The second kappa shape index (κ2) is 6.41. The van der Waals surface area contributed by atoms with Crippen molar-refractivity contribution in [2.24, 2.45) is 5.92 Å². The summed E-state index contributed by atoms with van der Waals surface area (Å²) < 4.78 is 0. The highest BCUT2D eigenvalue weighted by Crippen LogP contribution is 2.26. The summed E-state index contributed by atoms with van der Waals surface area (Å²) in [5.41, 5.74) is 0. The molecule has 1 N–H and O–H groups in total. The Balaban J connectivity index is 2.34. The molecule has 1 aliphatic carbocycles. The molecular weight excluding hydrogens is 174 g/mol. The molecule has 0 spiro atoms. The maximum Gasteiger partial charge on any atom is 0.0558 e. The Labute approximate surface area is 88.3 Å². The highest BCUT2D eigenvalue weighted by molar-refractivity contribution is 4.77. The summed E-state index contributed by atoms with van der Waals surface area (Å²) in [5.74, 6) is 0.920. The lowest BCUT2D eigenvalue weighted by atomic mass is 9.86. The summed E-state index contributed by atoms with van der Waals surface area (Å²) in [6.45, 7) is 6.90. The molecule has 0 unspecified atom stereocenters. The van der Waals surface area contributed by atoms with Crippen molar-refractivity contribution >= 4 is 0 Å². The molecule has 0 aromatic heterocycles. The maximum atomic E-state index is 9.00. The monoisotopic (exact) mass is 199 g/mol. The Kier molecular flexibility index (Phi) is 5.49. The Hall–Kier alpha value is -0.0800. The fourth-order valence-electron chi connectivity index (χ4n) is 2.50. The van der Waals surface area contributed by atoms with Gasteiger partial charge in [0, 0.05) is 12.6 Å². The molecule has 14 heavy (non-hydrogen) atoms. The van der Waals surface area contributed by atoms with Crippen LogP contribution in [0.2, 0.25) is 0 Å². The molecule has 0 aliphatic heterocycles. The number of aliphatic hydroxyl groups excluding tert-OH is 1. The topological polar surface area (TPSA) is 23.5 Å². The van der Waals surface area contributed by atoms with Gasteiger partial charge in [0.2, 0.25) is 0 Å². The Morgan fingerprint density at radius 3 is 2.29 bits per heavy atom. The first kappa shape index (κ1) is 12.0. The van der Waals surface area contributed by atoms with Crippen LogP contribution in [0.1, 0.15) is 46.0 Å². The Morgan fingerprint density at radius 2 is 1.79 bits per heavy atom. The standard InChI is InChI=1S/C12H25NO/c1-3-8-13(9-10-14)12-6-4-11(2)5-7-12/h11-12,14H,3-10H2,1-2H3. The molecule has 1 saturated carbocycles. The minimum absolute atomic E-state index is 0.312. The lowest BCUT2D eigenvalue weighted by Gasteiger charge is -2.35.